The highest BCUT2D eigenvalue weighted by Gasteiger charge is 2.15. The van der Waals surface area contributed by atoms with E-state index >= 15 is 0 Å². The minimum Gasteiger partial charge on any atom is -0.481 e. The number of rotatable bonds is 6. The molecule has 0 amide bonds. The molecule has 1 atom stereocenters. The van der Waals surface area contributed by atoms with Crippen molar-refractivity contribution < 1.29 is 4.74 Å². The molecule has 0 spiro atoms. The minimum absolute atomic E-state index is 0.323. The van der Waals surface area contributed by atoms with Crippen LogP contribution < -0.4 is 4.74 Å². The molecule has 0 aliphatic rings. The van der Waals surface area contributed by atoms with Gasteiger partial charge in [-0.1, -0.05) is 64.6 Å². The molecule has 0 aliphatic heterocycles. The zero-order valence-corrected chi connectivity index (χ0v) is 16.5. The highest BCUT2D eigenvalue weighted by molar-refractivity contribution is 6.40. The Labute approximate surface area is 171 Å². The summed E-state index contributed by atoms with van der Waals surface area (Å²) in [6.45, 7) is 0.541. The molecule has 0 radical (unpaired) electrons. The van der Waals surface area contributed by atoms with Gasteiger partial charge >= 0.3 is 0 Å². The molecule has 0 saturated carbocycles. The Morgan fingerprint density at radius 1 is 1.00 bits per heavy atom. The van der Waals surface area contributed by atoms with Gasteiger partial charge in [0.15, 0.2) is 5.75 Å². The van der Waals surface area contributed by atoms with Crippen LogP contribution in [0.3, 0.4) is 0 Å². The normalized spacial score (nSPS) is 12.5. The molecule has 0 bridgehead atoms. The summed E-state index contributed by atoms with van der Waals surface area (Å²) < 4.78 is 7.98. The summed E-state index contributed by atoms with van der Waals surface area (Å²) in [6.07, 6.45) is 8.85. The van der Waals surface area contributed by atoms with Crippen LogP contribution in [0.4, 0.5) is 0 Å². The molecule has 1 unspecified atom stereocenters. The minimum atomic E-state index is -0.323. The second-order valence-electron chi connectivity index (χ2n) is 5.53. The second kappa shape index (κ2) is 8.83. The van der Waals surface area contributed by atoms with Gasteiger partial charge in [0.2, 0.25) is 0 Å². The van der Waals surface area contributed by atoms with E-state index < -0.39 is 0 Å². The molecule has 3 aromatic rings. The van der Waals surface area contributed by atoms with E-state index in [1.54, 1.807) is 24.7 Å². The lowest BCUT2D eigenvalue weighted by atomic mass is 10.2. The Balaban J connectivity index is 1.84. The standard InChI is InChI=1S/C19H14Cl4N2O/c20-14-4-1-13(2-5-14)3-6-16(11-25-8-7-24-12-25)26-19-17(22)9-15(21)10-18(19)23/h1-10,12,16H,11H2/b6-3+. The van der Waals surface area contributed by atoms with Crippen LogP contribution in [-0.4, -0.2) is 15.7 Å². The predicted octanol–water partition coefficient (Wildman–Crippen LogP) is 6.66. The van der Waals surface area contributed by atoms with Crippen LogP contribution in [0.5, 0.6) is 5.75 Å². The summed E-state index contributed by atoms with van der Waals surface area (Å²) in [5.41, 5.74) is 1.00. The van der Waals surface area contributed by atoms with Crippen molar-refractivity contribution in [2.45, 2.75) is 12.6 Å². The number of aromatic nitrogens is 2. The van der Waals surface area contributed by atoms with Crippen LogP contribution in [-0.2, 0) is 6.54 Å². The molecule has 1 heterocycles. The predicted molar refractivity (Wildman–Crippen MR) is 109 cm³/mol. The summed E-state index contributed by atoms with van der Waals surface area (Å²) in [4.78, 5) is 4.06. The molecule has 0 fully saturated rings. The Bertz CT molecular complexity index is 869. The lowest BCUT2D eigenvalue weighted by Gasteiger charge is -2.18. The number of halogens is 4. The van der Waals surface area contributed by atoms with E-state index in [1.165, 1.54) is 0 Å². The Kier molecular flexibility index (Phi) is 6.49. The van der Waals surface area contributed by atoms with E-state index in [0.29, 0.717) is 32.4 Å². The summed E-state index contributed by atoms with van der Waals surface area (Å²) in [6, 6.07) is 10.7. The maximum atomic E-state index is 6.24. The molecule has 0 saturated heterocycles. The maximum Gasteiger partial charge on any atom is 0.157 e. The van der Waals surface area contributed by atoms with Crippen molar-refractivity contribution in [3.8, 4) is 5.75 Å². The van der Waals surface area contributed by atoms with Crippen molar-refractivity contribution in [2.75, 3.05) is 0 Å². The molecule has 0 N–H and O–H groups in total. The monoisotopic (exact) mass is 426 g/mol. The number of hydrogen-bond acceptors (Lipinski definition) is 2. The lowest BCUT2D eigenvalue weighted by molar-refractivity contribution is 0.228. The van der Waals surface area contributed by atoms with Gasteiger partial charge in [-0.15, -0.1) is 0 Å². The third-order valence-electron chi connectivity index (χ3n) is 3.56. The van der Waals surface area contributed by atoms with Gasteiger partial charge in [-0.05, 0) is 35.9 Å². The van der Waals surface area contributed by atoms with Gasteiger partial charge in [-0.2, -0.15) is 0 Å². The summed E-state index contributed by atoms with van der Waals surface area (Å²) in [7, 11) is 0. The first-order valence-corrected chi connectivity index (χ1v) is 9.23. The third kappa shape index (κ3) is 5.18. The molecule has 7 heteroatoms. The smallest absolute Gasteiger partial charge is 0.157 e. The van der Waals surface area contributed by atoms with E-state index in [2.05, 4.69) is 4.98 Å². The molecule has 0 aliphatic carbocycles. The first kappa shape index (κ1) is 19.1. The number of ether oxygens (including phenoxy) is 1. The topological polar surface area (TPSA) is 27.1 Å². The van der Waals surface area contributed by atoms with Crippen LogP contribution in [0.25, 0.3) is 6.08 Å². The molecular weight excluding hydrogens is 414 g/mol. The summed E-state index contributed by atoms with van der Waals surface area (Å²) in [5.74, 6) is 0.392. The van der Waals surface area contributed by atoms with Crippen molar-refractivity contribution in [1.82, 2.24) is 9.55 Å². The van der Waals surface area contributed by atoms with E-state index in [0.717, 1.165) is 5.56 Å². The average molecular weight is 428 g/mol. The highest BCUT2D eigenvalue weighted by atomic mass is 35.5. The van der Waals surface area contributed by atoms with Crippen LogP contribution in [0.1, 0.15) is 5.56 Å². The van der Waals surface area contributed by atoms with Gasteiger partial charge in [-0.25, -0.2) is 4.98 Å². The summed E-state index contributed by atoms with van der Waals surface area (Å²) in [5, 5.41) is 1.86. The molecule has 2 aromatic carbocycles. The van der Waals surface area contributed by atoms with E-state index in [1.807, 2.05) is 47.2 Å². The molecule has 3 rings (SSSR count). The fourth-order valence-electron chi connectivity index (χ4n) is 2.33. The fourth-order valence-corrected chi connectivity index (χ4v) is 3.36. The van der Waals surface area contributed by atoms with E-state index in [4.69, 9.17) is 51.1 Å². The quantitative estimate of drug-likeness (QED) is 0.439. The van der Waals surface area contributed by atoms with Crippen molar-refractivity contribution in [3.05, 3.63) is 86.8 Å². The zero-order valence-electron chi connectivity index (χ0n) is 13.4. The third-order valence-corrected chi connectivity index (χ3v) is 4.59. The average Bonchev–Trinajstić information content (AvgIpc) is 3.10. The summed E-state index contributed by atoms with van der Waals surface area (Å²) >= 11 is 24.4. The Morgan fingerprint density at radius 3 is 2.31 bits per heavy atom. The van der Waals surface area contributed by atoms with Gasteiger partial charge in [0, 0.05) is 22.4 Å². The number of imidazole rings is 1. The van der Waals surface area contributed by atoms with Crippen LogP contribution in [0, 0.1) is 0 Å². The van der Waals surface area contributed by atoms with Crippen molar-refractivity contribution >= 4 is 52.5 Å². The van der Waals surface area contributed by atoms with Crippen LogP contribution >= 0.6 is 46.4 Å². The number of benzene rings is 2. The highest BCUT2D eigenvalue weighted by Crippen LogP contribution is 2.36. The van der Waals surface area contributed by atoms with Gasteiger partial charge in [0.1, 0.15) is 6.10 Å². The SMILES string of the molecule is Clc1ccc(/C=C/C(Cn2ccnc2)Oc2c(Cl)cc(Cl)cc2Cl)cc1. The number of hydrogen-bond donors (Lipinski definition) is 0. The molecular formula is C19H14Cl4N2O. The van der Waals surface area contributed by atoms with Gasteiger partial charge in [0.05, 0.1) is 22.9 Å². The van der Waals surface area contributed by atoms with E-state index in [9.17, 15) is 0 Å². The van der Waals surface area contributed by atoms with Crippen molar-refractivity contribution in [3.63, 3.8) is 0 Å². The van der Waals surface area contributed by atoms with Gasteiger partial charge in [-0.3, -0.25) is 0 Å². The maximum absolute atomic E-state index is 6.24. The van der Waals surface area contributed by atoms with Crippen LogP contribution in [0.15, 0.2) is 61.2 Å². The van der Waals surface area contributed by atoms with E-state index in [-0.39, 0.29) is 6.10 Å². The zero-order chi connectivity index (χ0) is 18.5. The first-order chi connectivity index (χ1) is 12.5. The number of nitrogens with zero attached hydrogens (tertiary/aromatic N) is 2. The van der Waals surface area contributed by atoms with Crippen molar-refractivity contribution in [2.24, 2.45) is 0 Å². The van der Waals surface area contributed by atoms with Crippen LogP contribution in [0.2, 0.25) is 20.1 Å². The first-order valence-electron chi connectivity index (χ1n) is 7.72. The lowest BCUT2D eigenvalue weighted by Crippen LogP contribution is -2.20. The largest absolute Gasteiger partial charge is 0.481 e. The van der Waals surface area contributed by atoms with Gasteiger partial charge in [0.25, 0.3) is 0 Å². The Hall–Kier alpha value is -1.65. The molecule has 26 heavy (non-hydrogen) atoms. The fraction of sp³-hybridized carbons (Fsp3) is 0.105. The molecule has 3 nitrogen and oxygen atoms in total. The van der Waals surface area contributed by atoms with Gasteiger partial charge < -0.3 is 9.30 Å². The Morgan fingerprint density at radius 2 is 1.69 bits per heavy atom. The van der Waals surface area contributed by atoms with Crippen molar-refractivity contribution in [1.29, 1.82) is 0 Å². The molecule has 1 aromatic heterocycles. The molecule has 134 valence electrons. The second-order valence-corrected chi connectivity index (χ2v) is 7.21.